The summed E-state index contributed by atoms with van der Waals surface area (Å²) in [5, 5.41) is 3.37. The predicted molar refractivity (Wildman–Crippen MR) is 165 cm³/mol. The largest absolute Gasteiger partial charge is 0.492 e. The van der Waals surface area contributed by atoms with E-state index in [1.165, 1.54) is 28.8 Å². The van der Waals surface area contributed by atoms with Crippen LogP contribution in [0.15, 0.2) is 82.6 Å². The van der Waals surface area contributed by atoms with Gasteiger partial charge in [-0.25, -0.2) is 8.42 Å². The quantitative estimate of drug-likeness (QED) is 0.237. The van der Waals surface area contributed by atoms with Crippen molar-refractivity contribution >= 4 is 50.9 Å². The van der Waals surface area contributed by atoms with Crippen LogP contribution in [0.4, 0.5) is 5.69 Å². The second-order valence-corrected chi connectivity index (χ2v) is 12.4. The summed E-state index contributed by atoms with van der Waals surface area (Å²) in [6.07, 6.45) is 2.64. The number of sulfonamides is 1. The van der Waals surface area contributed by atoms with Gasteiger partial charge < -0.3 is 15.0 Å². The molecule has 0 aliphatic rings. The summed E-state index contributed by atoms with van der Waals surface area (Å²) < 4.78 is 35.0. The second-order valence-electron chi connectivity index (χ2n) is 9.20. The maximum atomic E-state index is 14.1. The van der Waals surface area contributed by atoms with E-state index in [0.717, 1.165) is 21.2 Å². The lowest BCUT2D eigenvalue weighted by Gasteiger charge is -2.32. The molecule has 0 aliphatic carbocycles. The lowest BCUT2D eigenvalue weighted by molar-refractivity contribution is -0.139. The SMILES string of the molecule is CCCNC(=O)C(C)N(Cc1ccc(Cl)cc1)C(=O)CN(c1ccccc1OCC)S(=O)(=O)c1ccc(SC)cc1. The van der Waals surface area contributed by atoms with Crippen LogP contribution in [0.5, 0.6) is 5.75 Å². The minimum Gasteiger partial charge on any atom is -0.492 e. The van der Waals surface area contributed by atoms with Gasteiger partial charge in [0, 0.05) is 23.0 Å². The van der Waals surface area contributed by atoms with Gasteiger partial charge in [0.05, 0.1) is 17.2 Å². The van der Waals surface area contributed by atoms with Gasteiger partial charge in [-0.2, -0.15) is 0 Å². The summed E-state index contributed by atoms with van der Waals surface area (Å²) in [5.41, 5.74) is 0.973. The Morgan fingerprint density at radius 1 is 1.00 bits per heavy atom. The van der Waals surface area contributed by atoms with E-state index in [0.29, 0.717) is 23.9 Å². The van der Waals surface area contributed by atoms with E-state index >= 15 is 0 Å². The third-order valence-electron chi connectivity index (χ3n) is 6.34. The van der Waals surface area contributed by atoms with Gasteiger partial charge in [-0.3, -0.25) is 13.9 Å². The molecule has 0 saturated carbocycles. The van der Waals surface area contributed by atoms with E-state index in [9.17, 15) is 18.0 Å². The van der Waals surface area contributed by atoms with Crippen LogP contribution in [-0.2, 0) is 26.2 Å². The summed E-state index contributed by atoms with van der Waals surface area (Å²) in [6, 6.07) is 19.3. The molecule has 3 aromatic rings. The number of para-hydroxylation sites is 2. The van der Waals surface area contributed by atoms with Crippen molar-refractivity contribution in [2.24, 2.45) is 0 Å². The first-order valence-corrected chi connectivity index (χ1v) is 16.4. The van der Waals surface area contributed by atoms with Crippen LogP contribution < -0.4 is 14.4 Å². The Bertz CT molecular complexity index is 1420. The highest BCUT2D eigenvalue weighted by Crippen LogP contribution is 2.33. The number of nitrogens with one attached hydrogen (secondary N) is 1. The molecule has 8 nitrogen and oxygen atoms in total. The van der Waals surface area contributed by atoms with E-state index in [1.54, 1.807) is 74.5 Å². The number of halogens is 1. The standard InChI is InChI=1S/C30H36ClN3O5S2/c1-5-19-32-30(36)22(3)33(20-23-11-13-24(31)14-12-23)29(35)21-34(27-9-7-8-10-28(27)39-6-2)41(37,38)26-17-15-25(40-4)16-18-26/h7-18,22H,5-6,19-21H2,1-4H3,(H,32,36). The van der Waals surface area contributed by atoms with Gasteiger partial charge in [0.1, 0.15) is 18.3 Å². The van der Waals surface area contributed by atoms with E-state index < -0.39 is 28.5 Å². The fraction of sp³-hybridized carbons (Fsp3) is 0.333. The molecule has 0 spiro atoms. The van der Waals surface area contributed by atoms with Crippen LogP contribution in [0, 0.1) is 0 Å². The first kappa shape index (κ1) is 32.3. The van der Waals surface area contributed by atoms with Crippen molar-refractivity contribution in [3.05, 3.63) is 83.4 Å². The van der Waals surface area contributed by atoms with Crippen molar-refractivity contribution in [3.8, 4) is 5.75 Å². The average Bonchev–Trinajstić information content (AvgIpc) is 2.98. The molecule has 3 aromatic carbocycles. The average molecular weight is 618 g/mol. The third-order valence-corrected chi connectivity index (χ3v) is 9.11. The first-order chi connectivity index (χ1) is 19.6. The smallest absolute Gasteiger partial charge is 0.264 e. The number of rotatable bonds is 14. The van der Waals surface area contributed by atoms with Gasteiger partial charge in [0.15, 0.2) is 0 Å². The van der Waals surface area contributed by atoms with Gasteiger partial charge >= 0.3 is 0 Å². The van der Waals surface area contributed by atoms with E-state index in [2.05, 4.69) is 5.32 Å². The van der Waals surface area contributed by atoms with Crippen LogP contribution in [0.2, 0.25) is 5.02 Å². The van der Waals surface area contributed by atoms with Gasteiger partial charge in [0.25, 0.3) is 10.0 Å². The second kappa shape index (κ2) is 15.1. The number of carbonyl (C=O) groups excluding carboxylic acids is 2. The molecule has 0 saturated heterocycles. The molecule has 11 heteroatoms. The first-order valence-electron chi connectivity index (χ1n) is 13.3. The van der Waals surface area contributed by atoms with Crippen LogP contribution in [0.3, 0.4) is 0 Å². The summed E-state index contributed by atoms with van der Waals surface area (Å²) in [6.45, 7) is 5.67. The topological polar surface area (TPSA) is 96.0 Å². The molecule has 41 heavy (non-hydrogen) atoms. The van der Waals surface area contributed by atoms with Crippen LogP contribution >= 0.6 is 23.4 Å². The number of amides is 2. The normalized spacial score (nSPS) is 11.9. The Labute approximate surface area is 252 Å². The zero-order chi connectivity index (χ0) is 30.0. The van der Waals surface area contributed by atoms with Crippen molar-refractivity contribution in [2.75, 3.05) is 30.3 Å². The number of thioether (sulfide) groups is 1. The van der Waals surface area contributed by atoms with E-state index in [4.69, 9.17) is 16.3 Å². The number of anilines is 1. The molecule has 0 radical (unpaired) electrons. The molecule has 0 fully saturated rings. The van der Waals surface area contributed by atoms with Crippen molar-refractivity contribution < 1.29 is 22.7 Å². The predicted octanol–water partition coefficient (Wildman–Crippen LogP) is 5.60. The summed E-state index contributed by atoms with van der Waals surface area (Å²) in [4.78, 5) is 29.3. The Morgan fingerprint density at radius 2 is 1.66 bits per heavy atom. The molecule has 0 aromatic heterocycles. The highest BCUT2D eigenvalue weighted by atomic mass is 35.5. The maximum absolute atomic E-state index is 14.1. The molecule has 2 amide bonds. The van der Waals surface area contributed by atoms with Crippen molar-refractivity contribution in [3.63, 3.8) is 0 Å². The molecule has 1 N–H and O–H groups in total. The van der Waals surface area contributed by atoms with Gasteiger partial charge in [-0.1, -0.05) is 42.8 Å². The van der Waals surface area contributed by atoms with Crippen molar-refractivity contribution in [2.45, 2.75) is 49.6 Å². The monoisotopic (exact) mass is 617 g/mol. The number of hydrogen-bond acceptors (Lipinski definition) is 6. The van der Waals surface area contributed by atoms with Crippen LogP contribution in [0.25, 0.3) is 0 Å². The Balaban J connectivity index is 2.07. The third kappa shape index (κ3) is 8.40. The fourth-order valence-electron chi connectivity index (χ4n) is 4.09. The fourth-order valence-corrected chi connectivity index (χ4v) is 6.05. The molecular weight excluding hydrogens is 582 g/mol. The van der Waals surface area contributed by atoms with E-state index in [-0.39, 0.29) is 23.0 Å². The summed E-state index contributed by atoms with van der Waals surface area (Å²) in [5.74, 6) is -0.550. The molecule has 220 valence electrons. The summed E-state index contributed by atoms with van der Waals surface area (Å²) in [7, 11) is -4.21. The van der Waals surface area contributed by atoms with Gasteiger partial charge in [-0.15, -0.1) is 11.8 Å². The van der Waals surface area contributed by atoms with Crippen LogP contribution in [-0.4, -0.2) is 57.1 Å². The van der Waals surface area contributed by atoms with Crippen LogP contribution in [0.1, 0.15) is 32.8 Å². The molecule has 1 unspecified atom stereocenters. The Morgan fingerprint density at radius 3 is 2.27 bits per heavy atom. The minimum absolute atomic E-state index is 0.0346. The zero-order valence-corrected chi connectivity index (χ0v) is 26.1. The highest BCUT2D eigenvalue weighted by molar-refractivity contribution is 7.98. The maximum Gasteiger partial charge on any atom is 0.264 e. The molecule has 0 heterocycles. The number of benzene rings is 3. The molecular formula is C30H36ClN3O5S2. The zero-order valence-electron chi connectivity index (χ0n) is 23.7. The highest BCUT2D eigenvalue weighted by Gasteiger charge is 2.33. The molecule has 0 bridgehead atoms. The van der Waals surface area contributed by atoms with E-state index in [1.807, 2.05) is 13.2 Å². The number of nitrogens with zero attached hydrogens (tertiary/aromatic N) is 2. The number of carbonyl (C=O) groups is 2. The van der Waals surface area contributed by atoms with Crippen molar-refractivity contribution in [1.82, 2.24) is 10.2 Å². The lowest BCUT2D eigenvalue weighted by Crippen LogP contribution is -2.51. The molecule has 0 aliphatic heterocycles. The molecule has 1 atom stereocenters. The number of ether oxygens (including phenoxy) is 1. The molecule has 3 rings (SSSR count). The number of hydrogen-bond donors (Lipinski definition) is 1. The van der Waals surface area contributed by atoms with Gasteiger partial charge in [0.2, 0.25) is 11.8 Å². The van der Waals surface area contributed by atoms with Gasteiger partial charge in [-0.05, 0) is 80.6 Å². The Kier molecular flexibility index (Phi) is 11.9. The minimum atomic E-state index is -4.21. The summed E-state index contributed by atoms with van der Waals surface area (Å²) >= 11 is 7.55. The lowest BCUT2D eigenvalue weighted by atomic mass is 10.1. The van der Waals surface area contributed by atoms with Crippen molar-refractivity contribution in [1.29, 1.82) is 0 Å². The Hall–Kier alpha value is -3.21.